The van der Waals surface area contributed by atoms with Gasteiger partial charge in [0.25, 0.3) is 0 Å². The molecule has 23 heavy (non-hydrogen) atoms. The molecular formula is C21H15NO. The Morgan fingerprint density at radius 2 is 1.78 bits per heavy atom. The Kier molecular flexibility index (Phi) is 2.38. The predicted molar refractivity (Wildman–Crippen MR) is 95.9 cm³/mol. The van der Waals surface area contributed by atoms with Crippen molar-refractivity contribution < 1.29 is 4.74 Å². The molecule has 0 aliphatic carbocycles. The summed E-state index contributed by atoms with van der Waals surface area (Å²) in [5.41, 5.74) is 5.71. The van der Waals surface area contributed by atoms with E-state index < -0.39 is 0 Å². The molecule has 0 saturated heterocycles. The first-order chi connectivity index (χ1) is 11.2. The van der Waals surface area contributed by atoms with Crippen LogP contribution in [-0.4, -0.2) is 4.98 Å². The molecule has 2 nitrogen and oxygen atoms in total. The molecular weight excluding hydrogens is 282 g/mol. The van der Waals surface area contributed by atoms with Crippen LogP contribution in [0.15, 0.2) is 48.7 Å². The molecule has 0 N–H and O–H groups in total. The fraction of sp³-hybridized carbons (Fsp3) is 0.0952. The second-order valence-electron chi connectivity index (χ2n) is 6.24. The highest BCUT2D eigenvalue weighted by molar-refractivity contribution is 6.14. The molecule has 0 atom stereocenters. The van der Waals surface area contributed by atoms with Crippen LogP contribution in [0.5, 0.6) is 5.75 Å². The van der Waals surface area contributed by atoms with Crippen LogP contribution < -0.4 is 4.74 Å². The molecule has 1 aliphatic rings. The molecule has 4 aromatic rings. The largest absolute Gasteiger partial charge is 0.464 e. The van der Waals surface area contributed by atoms with Crippen molar-refractivity contribution in [3.05, 3.63) is 65.4 Å². The Bertz CT molecular complexity index is 1160. The van der Waals surface area contributed by atoms with Crippen LogP contribution in [0.3, 0.4) is 0 Å². The van der Waals surface area contributed by atoms with Crippen molar-refractivity contribution in [3.8, 4) is 5.75 Å². The second-order valence-corrected chi connectivity index (χ2v) is 6.24. The number of benzene rings is 3. The molecule has 0 saturated carbocycles. The van der Waals surface area contributed by atoms with Crippen LogP contribution in [0.4, 0.5) is 0 Å². The van der Waals surface area contributed by atoms with E-state index in [0.717, 1.165) is 27.6 Å². The molecule has 0 spiro atoms. The zero-order valence-corrected chi connectivity index (χ0v) is 13.1. The quantitative estimate of drug-likeness (QED) is 0.315. The van der Waals surface area contributed by atoms with Gasteiger partial charge in [0.15, 0.2) is 0 Å². The Morgan fingerprint density at radius 1 is 0.913 bits per heavy atom. The van der Waals surface area contributed by atoms with Crippen molar-refractivity contribution in [2.75, 3.05) is 0 Å². The van der Waals surface area contributed by atoms with Crippen LogP contribution in [0.1, 0.15) is 16.7 Å². The Morgan fingerprint density at radius 3 is 2.70 bits per heavy atom. The molecule has 5 rings (SSSR count). The number of aromatic nitrogens is 1. The molecule has 0 bridgehead atoms. The van der Waals surface area contributed by atoms with Gasteiger partial charge in [0, 0.05) is 10.8 Å². The van der Waals surface area contributed by atoms with Gasteiger partial charge in [0.2, 0.25) is 0 Å². The third kappa shape index (κ3) is 1.66. The van der Waals surface area contributed by atoms with Crippen LogP contribution in [0.2, 0.25) is 0 Å². The molecule has 1 aliphatic heterocycles. The minimum atomic E-state index is 0.921. The third-order valence-electron chi connectivity index (χ3n) is 4.67. The Balaban J connectivity index is 2.07. The van der Waals surface area contributed by atoms with Gasteiger partial charge in [0.05, 0.1) is 22.7 Å². The minimum Gasteiger partial charge on any atom is -0.464 e. The number of hydrogen-bond donors (Lipinski definition) is 0. The first-order valence-electron chi connectivity index (χ1n) is 7.82. The lowest BCUT2D eigenvalue weighted by Crippen LogP contribution is -1.97. The van der Waals surface area contributed by atoms with Crippen LogP contribution in [0.25, 0.3) is 38.7 Å². The van der Waals surface area contributed by atoms with E-state index in [1.165, 1.54) is 27.5 Å². The summed E-state index contributed by atoms with van der Waals surface area (Å²) in [5, 5.41) is 4.63. The van der Waals surface area contributed by atoms with E-state index in [1.54, 1.807) is 6.26 Å². The van der Waals surface area contributed by atoms with Crippen molar-refractivity contribution in [1.29, 1.82) is 0 Å². The third-order valence-corrected chi connectivity index (χ3v) is 4.67. The zero-order chi connectivity index (χ0) is 15.6. The van der Waals surface area contributed by atoms with Crippen molar-refractivity contribution in [2.45, 2.75) is 13.8 Å². The maximum absolute atomic E-state index is 5.90. The van der Waals surface area contributed by atoms with Crippen LogP contribution in [-0.2, 0) is 0 Å². The molecule has 0 amide bonds. The molecule has 2 heteroatoms. The smallest absolute Gasteiger partial charge is 0.145 e. The van der Waals surface area contributed by atoms with E-state index in [9.17, 15) is 0 Å². The molecule has 0 radical (unpaired) electrons. The first kappa shape index (κ1) is 12.7. The summed E-state index contributed by atoms with van der Waals surface area (Å²) in [5.74, 6) is 0.921. The van der Waals surface area contributed by atoms with Gasteiger partial charge in [-0.25, -0.2) is 4.98 Å². The molecule has 0 unspecified atom stereocenters. The summed E-state index contributed by atoms with van der Waals surface area (Å²) in [4.78, 5) is 4.98. The first-order valence-corrected chi connectivity index (χ1v) is 7.82. The summed E-state index contributed by atoms with van der Waals surface area (Å²) in [6.07, 6.45) is 3.76. The van der Waals surface area contributed by atoms with Crippen molar-refractivity contribution >= 4 is 38.7 Å². The topological polar surface area (TPSA) is 22.1 Å². The van der Waals surface area contributed by atoms with E-state index in [0.29, 0.717) is 0 Å². The Hall–Kier alpha value is -2.87. The highest BCUT2D eigenvalue weighted by atomic mass is 16.5. The van der Waals surface area contributed by atoms with Gasteiger partial charge in [-0.3, -0.25) is 0 Å². The number of rotatable bonds is 0. The molecule has 1 aromatic heterocycles. The highest BCUT2D eigenvalue weighted by Gasteiger charge is 2.17. The average Bonchev–Trinajstić information content (AvgIpc) is 2.55. The summed E-state index contributed by atoms with van der Waals surface area (Å²) < 4.78 is 5.90. The van der Waals surface area contributed by atoms with Gasteiger partial charge >= 0.3 is 0 Å². The Labute approximate surface area is 134 Å². The lowest BCUT2D eigenvalue weighted by molar-refractivity contribution is 0.493. The minimum absolute atomic E-state index is 0.921. The van der Waals surface area contributed by atoms with Crippen LogP contribution in [0, 0.1) is 13.8 Å². The number of fused-ring (bicyclic) bond motifs is 4. The lowest BCUT2D eigenvalue weighted by Gasteiger charge is -2.16. The van der Waals surface area contributed by atoms with Crippen LogP contribution >= 0.6 is 0 Å². The monoisotopic (exact) mass is 297 g/mol. The molecule has 0 fully saturated rings. The number of pyridine rings is 1. The maximum atomic E-state index is 5.90. The van der Waals surface area contributed by atoms with Crippen molar-refractivity contribution in [2.24, 2.45) is 0 Å². The summed E-state index contributed by atoms with van der Waals surface area (Å²) in [6.45, 7) is 4.29. The van der Waals surface area contributed by atoms with E-state index in [4.69, 9.17) is 9.72 Å². The van der Waals surface area contributed by atoms with Gasteiger partial charge in [-0.05, 0) is 54.6 Å². The van der Waals surface area contributed by atoms with Gasteiger partial charge in [-0.1, -0.05) is 29.8 Å². The van der Waals surface area contributed by atoms with Gasteiger partial charge in [-0.15, -0.1) is 0 Å². The highest BCUT2D eigenvalue weighted by Crippen LogP contribution is 2.40. The zero-order valence-electron chi connectivity index (χ0n) is 13.1. The van der Waals surface area contributed by atoms with Crippen molar-refractivity contribution in [1.82, 2.24) is 4.98 Å². The second kappa shape index (κ2) is 4.32. The molecule has 3 aromatic carbocycles. The fourth-order valence-corrected chi connectivity index (χ4v) is 3.68. The van der Waals surface area contributed by atoms with Crippen molar-refractivity contribution in [3.63, 3.8) is 0 Å². The van der Waals surface area contributed by atoms with E-state index in [1.807, 2.05) is 6.08 Å². The maximum Gasteiger partial charge on any atom is 0.145 e. The number of hydrogen-bond acceptors (Lipinski definition) is 2. The number of ether oxygens (including phenoxy) is 1. The standard InChI is InChI=1S/C21H15NO/c1-12-10-13(2)15-6-7-16-20(17(15)11-12)22-18-5-3-4-14-8-9-23-21(16)19(14)18/h3-11H,1-2H3. The normalized spacial score (nSPS) is 13.0. The van der Waals surface area contributed by atoms with E-state index in [2.05, 4.69) is 56.3 Å². The van der Waals surface area contributed by atoms with E-state index >= 15 is 0 Å². The fourth-order valence-electron chi connectivity index (χ4n) is 3.68. The summed E-state index contributed by atoms with van der Waals surface area (Å²) >= 11 is 0. The SMILES string of the molecule is Cc1cc(C)c2ccc3c4c5c(cccc5nc3c2c1)C=CO4. The molecule has 110 valence electrons. The average molecular weight is 297 g/mol. The van der Waals surface area contributed by atoms with Gasteiger partial charge in [0.1, 0.15) is 5.75 Å². The van der Waals surface area contributed by atoms with E-state index in [-0.39, 0.29) is 0 Å². The van der Waals surface area contributed by atoms with Gasteiger partial charge in [-0.2, -0.15) is 0 Å². The lowest BCUT2D eigenvalue weighted by atomic mass is 9.97. The predicted octanol–water partition coefficient (Wildman–Crippen LogP) is 5.52. The number of aryl methyl sites for hydroxylation is 2. The summed E-state index contributed by atoms with van der Waals surface area (Å²) in [6, 6.07) is 15.0. The molecule has 2 heterocycles. The summed E-state index contributed by atoms with van der Waals surface area (Å²) in [7, 11) is 0. The van der Waals surface area contributed by atoms with Gasteiger partial charge < -0.3 is 4.74 Å². The number of nitrogens with zero attached hydrogens (tertiary/aromatic N) is 1.